The maximum atomic E-state index is 10.6. The summed E-state index contributed by atoms with van der Waals surface area (Å²) in [6.45, 7) is 2.42. The summed E-state index contributed by atoms with van der Waals surface area (Å²) >= 11 is 0. The van der Waals surface area contributed by atoms with E-state index in [1.807, 2.05) is 31.2 Å². The Balaban J connectivity index is 2.62. The van der Waals surface area contributed by atoms with E-state index < -0.39 is 0 Å². The van der Waals surface area contributed by atoms with Crippen LogP contribution < -0.4 is 5.73 Å². The SMILES string of the molecule is CCOC(C=O)Cc1cccc(N)c1. The molecule has 1 aromatic carbocycles. The van der Waals surface area contributed by atoms with Gasteiger partial charge < -0.3 is 15.3 Å². The zero-order valence-corrected chi connectivity index (χ0v) is 8.27. The third-order valence-electron chi connectivity index (χ3n) is 1.92. The van der Waals surface area contributed by atoms with Crippen molar-refractivity contribution in [2.45, 2.75) is 19.4 Å². The van der Waals surface area contributed by atoms with Crippen molar-refractivity contribution in [2.75, 3.05) is 12.3 Å². The van der Waals surface area contributed by atoms with Gasteiger partial charge in [-0.3, -0.25) is 0 Å². The first-order chi connectivity index (χ1) is 6.76. The highest BCUT2D eigenvalue weighted by Gasteiger charge is 2.07. The lowest BCUT2D eigenvalue weighted by Gasteiger charge is -2.10. The van der Waals surface area contributed by atoms with Crippen molar-refractivity contribution in [1.82, 2.24) is 0 Å². The highest BCUT2D eigenvalue weighted by molar-refractivity contribution is 5.57. The van der Waals surface area contributed by atoms with Crippen LogP contribution in [0.3, 0.4) is 0 Å². The largest absolute Gasteiger partial charge is 0.399 e. The lowest BCUT2D eigenvalue weighted by molar-refractivity contribution is -0.117. The normalized spacial score (nSPS) is 12.4. The number of rotatable bonds is 5. The number of hydrogen-bond donors (Lipinski definition) is 1. The van der Waals surface area contributed by atoms with E-state index >= 15 is 0 Å². The van der Waals surface area contributed by atoms with Gasteiger partial charge in [-0.2, -0.15) is 0 Å². The molecule has 1 atom stereocenters. The van der Waals surface area contributed by atoms with Crippen LogP contribution in [0.5, 0.6) is 0 Å². The molecule has 0 fully saturated rings. The van der Waals surface area contributed by atoms with E-state index in [1.165, 1.54) is 0 Å². The summed E-state index contributed by atoms with van der Waals surface area (Å²) in [6.07, 6.45) is 1.05. The van der Waals surface area contributed by atoms with Crippen LogP contribution >= 0.6 is 0 Å². The van der Waals surface area contributed by atoms with E-state index in [0.29, 0.717) is 18.7 Å². The quantitative estimate of drug-likeness (QED) is 0.568. The number of nitrogen functional groups attached to an aromatic ring is 1. The molecule has 1 aromatic rings. The first kappa shape index (κ1) is 10.7. The summed E-state index contributed by atoms with van der Waals surface area (Å²) in [7, 11) is 0. The highest BCUT2D eigenvalue weighted by atomic mass is 16.5. The molecule has 14 heavy (non-hydrogen) atoms. The topological polar surface area (TPSA) is 52.3 Å². The Kier molecular flexibility index (Phi) is 4.13. The molecule has 0 amide bonds. The summed E-state index contributed by atoms with van der Waals surface area (Å²) in [5.41, 5.74) is 7.36. The van der Waals surface area contributed by atoms with Gasteiger partial charge in [-0.25, -0.2) is 0 Å². The Hall–Kier alpha value is -1.35. The monoisotopic (exact) mass is 193 g/mol. The number of aldehydes is 1. The first-order valence-corrected chi connectivity index (χ1v) is 4.67. The van der Waals surface area contributed by atoms with Crippen molar-refractivity contribution in [1.29, 1.82) is 0 Å². The minimum Gasteiger partial charge on any atom is -0.399 e. The van der Waals surface area contributed by atoms with Crippen molar-refractivity contribution >= 4 is 12.0 Å². The van der Waals surface area contributed by atoms with Crippen molar-refractivity contribution in [3.05, 3.63) is 29.8 Å². The van der Waals surface area contributed by atoms with Crippen molar-refractivity contribution < 1.29 is 9.53 Å². The van der Waals surface area contributed by atoms with Crippen LogP contribution in [0.15, 0.2) is 24.3 Å². The second-order valence-electron chi connectivity index (χ2n) is 3.08. The minimum absolute atomic E-state index is 0.359. The van der Waals surface area contributed by atoms with Crippen LogP contribution in [0, 0.1) is 0 Å². The Labute approximate surface area is 83.9 Å². The Morgan fingerprint density at radius 3 is 2.93 bits per heavy atom. The number of ether oxygens (including phenoxy) is 1. The fourth-order valence-electron chi connectivity index (χ4n) is 1.31. The van der Waals surface area contributed by atoms with E-state index in [0.717, 1.165) is 11.8 Å². The fraction of sp³-hybridized carbons (Fsp3) is 0.364. The molecule has 0 bridgehead atoms. The molecule has 3 nitrogen and oxygen atoms in total. The van der Waals surface area contributed by atoms with Crippen LogP contribution in [-0.2, 0) is 16.0 Å². The van der Waals surface area contributed by atoms with Gasteiger partial charge in [0, 0.05) is 18.7 Å². The van der Waals surface area contributed by atoms with Gasteiger partial charge in [0.15, 0.2) is 0 Å². The third kappa shape index (κ3) is 3.18. The van der Waals surface area contributed by atoms with Crippen LogP contribution in [0.2, 0.25) is 0 Å². The summed E-state index contributed by atoms with van der Waals surface area (Å²) in [5.74, 6) is 0. The summed E-state index contributed by atoms with van der Waals surface area (Å²) in [5, 5.41) is 0. The van der Waals surface area contributed by atoms with Crippen LogP contribution in [0.1, 0.15) is 12.5 Å². The van der Waals surface area contributed by atoms with E-state index in [-0.39, 0.29) is 6.10 Å². The van der Waals surface area contributed by atoms with Gasteiger partial charge in [-0.05, 0) is 24.6 Å². The lowest BCUT2D eigenvalue weighted by Crippen LogP contribution is -2.17. The van der Waals surface area contributed by atoms with Crippen molar-refractivity contribution in [2.24, 2.45) is 0 Å². The van der Waals surface area contributed by atoms with Gasteiger partial charge in [0.2, 0.25) is 0 Å². The Morgan fingerprint density at radius 1 is 1.57 bits per heavy atom. The maximum Gasteiger partial charge on any atom is 0.149 e. The molecule has 0 aromatic heterocycles. The Morgan fingerprint density at radius 2 is 2.36 bits per heavy atom. The molecule has 0 saturated heterocycles. The number of carbonyl (C=O) groups excluding carboxylic acids is 1. The average Bonchev–Trinajstić information content (AvgIpc) is 2.17. The molecule has 0 heterocycles. The van der Waals surface area contributed by atoms with Crippen LogP contribution in [-0.4, -0.2) is 19.0 Å². The molecule has 0 spiro atoms. The molecular formula is C11H15NO2. The molecule has 2 N–H and O–H groups in total. The average molecular weight is 193 g/mol. The Bertz CT molecular complexity index is 299. The highest BCUT2D eigenvalue weighted by Crippen LogP contribution is 2.09. The van der Waals surface area contributed by atoms with Crippen LogP contribution in [0.25, 0.3) is 0 Å². The molecule has 0 aliphatic rings. The molecule has 1 unspecified atom stereocenters. The van der Waals surface area contributed by atoms with Gasteiger partial charge in [-0.1, -0.05) is 12.1 Å². The molecule has 76 valence electrons. The number of anilines is 1. The molecular weight excluding hydrogens is 178 g/mol. The molecule has 0 radical (unpaired) electrons. The van der Waals surface area contributed by atoms with E-state index in [9.17, 15) is 4.79 Å². The minimum atomic E-state index is -0.359. The van der Waals surface area contributed by atoms with E-state index in [1.54, 1.807) is 0 Å². The molecule has 0 aliphatic heterocycles. The van der Waals surface area contributed by atoms with Gasteiger partial charge in [-0.15, -0.1) is 0 Å². The van der Waals surface area contributed by atoms with Crippen LogP contribution in [0.4, 0.5) is 5.69 Å². The van der Waals surface area contributed by atoms with Gasteiger partial charge >= 0.3 is 0 Å². The van der Waals surface area contributed by atoms with Gasteiger partial charge in [0.1, 0.15) is 12.4 Å². The number of carbonyl (C=O) groups is 1. The fourth-order valence-corrected chi connectivity index (χ4v) is 1.31. The molecule has 3 heteroatoms. The second kappa shape index (κ2) is 5.40. The van der Waals surface area contributed by atoms with E-state index in [4.69, 9.17) is 10.5 Å². The third-order valence-corrected chi connectivity index (χ3v) is 1.92. The standard InChI is InChI=1S/C11H15NO2/c1-2-14-11(8-13)7-9-4-3-5-10(12)6-9/h3-6,8,11H,2,7,12H2,1H3. The summed E-state index contributed by atoms with van der Waals surface area (Å²) in [6, 6.07) is 7.49. The number of nitrogens with two attached hydrogens (primary N) is 1. The van der Waals surface area contributed by atoms with Gasteiger partial charge in [0.25, 0.3) is 0 Å². The predicted molar refractivity (Wildman–Crippen MR) is 56.0 cm³/mol. The molecule has 0 saturated carbocycles. The van der Waals surface area contributed by atoms with Gasteiger partial charge in [0.05, 0.1) is 0 Å². The zero-order chi connectivity index (χ0) is 10.4. The lowest BCUT2D eigenvalue weighted by atomic mass is 10.1. The second-order valence-corrected chi connectivity index (χ2v) is 3.08. The smallest absolute Gasteiger partial charge is 0.149 e. The predicted octanol–water partition coefficient (Wildman–Crippen LogP) is 1.42. The number of benzene rings is 1. The molecule has 0 aliphatic carbocycles. The van der Waals surface area contributed by atoms with E-state index in [2.05, 4.69) is 0 Å². The first-order valence-electron chi connectivity index (χ1n) is 4.67. The molecule has 1 rings (SSSR count). The summed E-state index contributed by atoms with van der Waals surface area (Å²) in [4.78, 5) is 10.6. The maximum absolute atomic E-state index is 10.6. The van der Waals surface area contributed by atoms with Crippen molar-refractivity contribution in [3.63, 3.8) is 0 Å². The summed E-state index contributed by atoms with van der Waals surface area (Å²) < 4.78 is 5.23. The van der Waals surface area contributed by atoms with Crippen molar-refractivity contribution in [3.8, 4) is 0 Å². The number of hydrogen-bond acceptors (Lipinski definition) is 3. The zero-order valence-electron chi connectivity index (χ0n) is 8.27.